The SMILES string of the molecule is CC(C)(C)c1cc(NC(=O)Cc2ccc(NC(=O)c3ccc4ccccc4n3)cc2)no1. The van der Waals surface area contributed by atoms with Gasteiger partial charge < -0.3 is 15.2 Å². The summed E-state index contributed by atoms with van der Waals surface area (Å²) in [5.41, 5.74) is 2.36. The number of rotatable bonds is 5. The molecule has 0 atom stereocenters. The highest BCUT2D eigenvalue weighted by Crippen LogP contribution is 2.24. The molecule has 4 rings (SSSR count). The van der Waals surface area contributed by atoms with Crippen molar-refractivity contribution in [3.63, 3.8) is 0 Å². The first-order valence-corrected chi connectivity index (χ1v) is 10.3. The van der Waals surface area contributed by atoms with Crippen molar-refractivity contribution in [2.45, 2.75) is 32.6 Å². The number of nitrogens with one attached hydrogen (secondary N) is 2. The van der Waals surface area contributed by atoms with Gasteiger partial charge in [0, 0.05) is 22.6 Å². The fraction of sp³-hybridized carbons (Fsp3) is 0.200. The summed E-state index contributed by atoms with van der Waals surface area (Å²) in [6, 6.07) is 20.1. The molecule has 0 aliphatic rings. The zero-order chi connectivity index (χ0) is 22.7. The lowest BCUT2D eigenvalue weighted by Crippen LogP contribution is -2.15. The van der Waals surface area contributed by atoms with E-state index in [1.165, 1.54) is 0 Å². The molecule has 0 aliphatic carbocycles. The fourth-order valence-corrected chi connectivity index (χ4v) is 3.15. The van der Waals surface area contributed by atoms with Crippen molar-refractivity contribution in [3.05, 3.63) is 83.7 Å². The lowest BCUT2D eigenvalue weighted by Gasteiger charge is -2.12. The third-order valence-electron chi connectivity index (χ3n) is 4.92. The van der Waals surface area contributed by atoms with Gasteiger partial charge in [-0.2, -0.15) is 0 Å². The van der Waals surface area contributed by atoms with Gasteiger partial charge in [-0.25, -0.2) is 4.98 Å². The molecule has 162 valence electrons. The van der Waals surface area contributed by atoms with Crippen LogP contribution in [-0.2, 0) is 16.6 Å². The maximum Gasteiger partial charge on any atom is 0.274 e. The fourth-order valence-electron chi connectivity index (χ4n) is 3.15. The van der Waals surface area contributed by atoms with Gasteiger partial charge in [0.1, 0.15) is 11.5 Å². The normalized spacial score (nSPS) is 11.3. The van der Waals surface area contributed by atoms with Crippen molar-refractivity contribution in [2.75, 3.05) is 10.6 Å². The first-order valence-electron chi connectivity index (χ1n) is 10.3. The van der Waals surface area contributed by atoms with Crippen LogP contribution in [0.1, 0.15) is 42.6 Å². The lowest BCUT2D eigenvalue weighted by atomic mass is 9.93. The third-order valence-corrected chi connectivity index (χ3v) is 4.92. The Balaban J connectivity index is 1.35. The number of pyridine rings is 1. The van der Waals surface area contributed by atoms with Crippen molar-refractivity contribution < 1.29 is 14.1 Å². The van der Waals surface area contributed by atoms with Gasteiger partial charge in [0.05, 0.1) is 11.9 Å². The van der Waals surface area contributed by atoms with E-state index in [1.807, 2.05) is 51.1 Å². The zero-order valence-corrected chi connectivity index (χ0v) is 18.2. The Morgan fingerprint density at radius 2 is 1.69 bits per heavy atom. The summed E-state index contributed by atoms with van der Waals surface area (Å²) in [4.78, 5) is 29.3. The Morgan fingerprint density at radius 1 is 0.938 bits per heavy atom. The predicted octanol–water partition coefficient (Wildman–Crippen LogP) is 4.95. The number of carbonyl (C=O) groups is 2. The van der Waals surface area contributed by atoms with Crippen LogP contribution in [0.3, 0.4) is 0 Å². The second kappa shape index (κ2) is 8.63. The molecule has 0 spiro atoms. The Bertz CT molecular complexity index is 1270. The van der Waals surface area contributed by atoms with E-state index in [0.29, 0.717) is 23.0 Å². The van der Waals surface area contributed by atoms with Crippen LogP contribution in [-0.4, -0.2) is 22.0 Å². The Labute approximate surface area is 185 Å². The van der Waals surface area contributed by atoms with E-state index < -0.39 is 0 Å². The number of para-hydroxylation sites is 1. The molecule has 0 aliphatic heterocycles. The molecule has 0 unspecified atom stereocenters. The lowest BCUT2D eigenvalue weighted by molar-refractivity contribution is -0.115. The molecule has 7 heteroatoms. The highest BCUT2D eigenvalue weighted by molar-refractivity contribution is 6.04. The Hall–Kier alpha value is -4.00. The molecule has 2 aromatic heterocycles. The molecule has 32 heavy (non-hydrogen) atoms. The van der Waals surface area contributed by atoms with Gasteiger partial charge in [-0.1, -0.05) is 62.3 Å². The van der Waals surface area contributed by atoms with E-state index in [9.17, 15) is 9.59 Å². The number of nitrogens with zero attached hydrogens (tertiary/aromatic N) is 2. The first-order chi connectivity index (χ1) is 15.3. The number of benzene rings is 2. The largest absolute Gasteiger partial charge is 0.359 e. The zero-order valence-electron chi connectivity index (χ0n) is 18.2. The van der Waals surface area contributed by atoms with Crippen LogP contribution in [0, 0.1) is 0 Å². The summed E-state index contributed by atoms with van der Waals surface area (Å²) in [7, 11) is 0. The molecule has 2 heterocycles. The third kappa shape index (κ3) is 5.00. The minimum atomic E-state index is -0.290. The van der Waals surface area contributed by atoms with Gasteiger partial charge >= 0.3 is 0 Å². The number of anilines is 2. The topological polar surface area (TPSA) is 97.1 Å². The van der Waals surface area contributed by atoms with Crippen molar-refractivity contribution in [1.29, 1.82) is 0 Å². The molecule has 0 saturated carbocycles. The summed E-state index contributed by atoms with van der Waals surface area (Å²) in [6.45, 7) is 6.03. The smallest absolute Gasteiger partial charge is 0.274 e. The molecule has 2 amide bonds. The van der Waals surface area contributed by atoms with Crippen LogP contribution >= 0.6 is 0 Å². The van der Waals surface area contributed by atoms with E-state index in [1.54, 1.807) is 36.4 Å². The van der Waals surface area contributed by atoms with Crippen molar-refractivity contribution in [3.8, 4) is 0 Å². The quantitative estimate of drug-likeness (QED) is 0.469. The van der Waals surface area contributed by atoms with Crippen molar-refractivity contribution in [1.82, 2.24) is 10.1 Å². The van der Waals surface area contributed by atoms with Crippen LogP contribution in [0.4, 0.5) is 11.5 Å². The maximum atomic E-state index is 12.5. The highest BCUT2D eigenvalue weighted by Gasteiger charge is 2.20. The average molecular weight is 428 g/mol. The van der Waals surface area contributed by atoms with Gasteiger partial charge in [0.25, 0.3) is 5.91 Å². The number of amides is 2. The summed E-state index contributed by atoms with van der Waals surface area (Å²) in [5.74, 6) is 0.610. The maximum absolute atomic E-state index is 12.5. The van der Waals surface area contributed by atoms with Crippen molar-refractivity contribution in [2.24, 2.45) is 0 Å². The predicted molar refractivity (Wildman–Crippen MR) is 124 cm³/mol. The van der Waals surface area contributed by atoms with Crippen molar-refractivity contribution >= 4 is 34.2 Å². The van der Waals surface area contributed by atoms with Crippen LogP contribution in [0.25, 0.3) is 10.9 Å². The molecule has 0 radical (unpaired) electrons. The highest BCUT2D eigenvalue weighted by atomic mass is 16.5. The molecule has 2 N–H and O–H groups in total. The summed E-state index contributed by atoms with van der Waals surface area (Å²) < 4.78 is 5.28. The van der Waals surface area contributed by atoms with Crippen LogP contribution in [0.2, 0.25) is 0 Å². The average Bonchev–Trinajstić information content (AvgIpc) is 3.23. The summed E-state index contributed by atoms with van der Waals surface area (Å²) >= 11 is 0. The molecule has 0 bridgehead atoms. The van der Waals surface area contributed by atoms with Gasteiger partial charge in [-0.15, -0.1) is 0 Å². The van der Waals surface area contributed by atoms with E-state index in [-0.39, 0.29) is 23.7 Å². The van der Waals surface area contributed by atoms with Gasteiger partial charge in [0.15, 0.2) is 5.82 Å². The summed E-state index contributed by atoms with van der Waals surface area (Å²) in [5, 5.41) is 10.5. The second-order valence-electron chi connectivity index (χ2n) is 8.59. The minimum absolute atomic E-state index is 0.179. The Morgan fingerprint density at radius 3 is 2.41 bits per heavy atom. The molecule has 4 aromatic rings. The molecule has 2 aromatic carbocycles. The van der Waals surface area contributed by atoms with Crippen LogP contribution < -0.4 is 10.6 Å². The van der Waals surface area contributed by atoms with E-state index in [4.69, 9.17) is 4.52 Å². The van der Waals surface area contributed by atoms with Gasteiger partial charge in [-0.3, -0.25) is 9.59 Å². The van der Waals surface area contributed by atoms with Crippen LogP contribution in [0.5, 0.6) is 0 Å². The molecule has 0 fully saturated rings. The molecule has 7 nitrogen and oxygen atoms in total. The van der Waals surface area contributed by atoms with E-state index in [0.717, 1.165) is 16.5 Å². The van der Waals surface area contributed by atoms with Crippen LogP contribution in [0.15, 0.2) is 71.3 Å². The number of aromatic nitrogens is 2. The summed E-state index contributed by atoms with van der Waals surface area (Å²) in [6.07, 6.45) is 0.179. The number of hydrogen-bond donors (Lipinski definition) is 2. The monoisotopic (exact) mass is 428 g/mol. The van der Waals surface area contributed by atoms with Gasteiger partial charge in [0.2, 0.25) is 5.91 Å². The Kier molecular flexibility index (Phi) is 5.73. The van der Waals surface area contributed by atoms with E-state index in [2.05, 4.69) is 20.8 Å². The van der Waals surface area contributed by atoms with Gasteiger partial charge in [-0.05, 0) is 29.8 Å². The molecular weight excluding hydrogens is 404 g/mol. The first kappa shape index (κ1) is 21.2. The minimum Gasteiger partial charge on any atom is -0.359 e. The number of carbonyl (C=O) groups excluding carboxylic acids is 2. The molecule has 0 saturated heterocycles. The van der Waals surface area contributed by atoms with E-state index >= 15 is 0 Å². The molecular formula is C25H24N4O3. The standard InChI is InChI=1S/C25H24N4O3/c1-25(2,3)21-15-22(29-32-21)28-23(30)14-16-8-11-18(12-9-16)26-24(31)20-13-10-17-6-4-5-7-19(17)27-20/h4-13,15H,14H2,1-3H3,(H,26,31)(H,28,29,30). The second-order valence-corrected chi connectivity index (χ2v) is 8.59. The number of hydrogen-bond acceptors (Lipinski definition) is 5. The number of fused-ring (bicyclic) bond motifs is 1.